The molecule has 2 aromatic rings. The molecule has 1 aliphatic heterocycles. The lowest BCUT2D eigenvalue weighted by Crippen LogP contribution is -2.41. The molecule has 1 fully saturated rings. The number of amides is 1. The van der Waals surface area contributed by atoms with E-state index >= 15 is 0 Å². The summed E-state index contributed by atoms with van der Waals surface area (Å²) >= 11 is 3.41. The smallest absolute Gasteiger partial charge is 0.236 e. The summed E-state index contributed by atoms with van der Waals surface area (Å²) in [7, 11) is 1.84. The quantitative estimate of drug-likeness (QED) is 0.574. The van der Waals surface area contributed by atoms with E-state index in [1.165, 1.54) is 5.56 Å². The van der Waals surface area contributed by atoms with E-state index in [1.54, 1.807) is 4.90 Å². The number of ether oxygens (including phenoxy) is 1. The van der Waals surface area contributed by atoms with Crippen LogP contribution in [-0.4, -0.2) is 73.5 Å². The van der Waals surface area contributed by atoms with Gasteiger partial charge >= 0.3 is 0 Å². The van der Waals surface area contributed by atoms with Crippen LogP contribution in [0.1, 0.15) is 17.5 Å². The molecular weight excluding hydrogens is 456 g/mol. The number of halogens is 1. The second kappa shape index (κ2) is 11.8. The normalized spacial score (nSPS) is 15.1. The van der Waals surface area contributed by atoms with Crippen LogP contribution in [0.3, 0.4) is 0 Å². The van der Waals surface area contributed by atoms with Crippen LogP contribution in [0, 0.1) is 11.3 Å². The Morgan fingerprint density at radius 1 is 1.06 bits per heavy atom. The lowest BCUT2D eigenvalue weighted by molar-refractivity contribution is -0.131. The molecule has 1 heterocycles. The predicted molar refractivity (Wildman–Crippen MR) is 125 cm³/mol. The summed E-state index contributed by atoms with van der Waals surface area (Å²) in [5.41, 5.74) is 1.91. The minimum atomic E-state index is 0.125. The highest BCUT2D eigenvalue weighted by atomic mass is 79.9. The number of carbonyl (C=O) groups excluding carboxylic acids is 1. The second-order valence-electron chi connectivity index (χ2n) is 7.83. The molecule has 0 unspecified atom stereocenters. The summed E-state index contributed by atoms with van der Waals surface area (Å²) in [5, 5.41) is 8.93. The van der Waals surface area contributed by atoms with Crippen molar-refractivity contribution in [2.75, 3.05) is 52.9 Å². The lowest BCUT2D eigenvalue weighted by atomic mass is 10.1. The first kappa shape index (κ1) is 23.3. The third-order valence-electron chi connectivity index (χ3n) is 5.46. The molecule has 0 saturated carbocycles. The van der Waals surface area contributed by atoms with Crippen LogP contribution in [0.25, 0.3) is 0 Å². The van der Waals surface area contributed by atoms with Crippen molar-refractivity contribution in [3.63, 3.8) is 0 Å². The van der Waals surface area contributed by atoms with E-state index in [4.69, 9.17) is 10.00 Å². The molecule has 0 aliphatic carbocycles. The van der Waals surface area contributed by atoms with Crippen LogP contribution < -0.4 is 4.74 Å². The fraction of sp³-hybridized carbons (Fsp3) is 0.417. The molecule has 0 N–H and O–H groups in total. The summed E-state index contributed by atoms with van der Waals surface area (Å²) in [6.07, 6.45) is 1.04. The van der Waals surface area contributed by atoms with E-state index in [0.29, 0.717) is 25.3 Å². The molecule has 2 aromatic carbocycles. The number of nitriles is 1. The molecule has 0 atom stereocenters. The van der Waals surface area contributed by atoms with Gasteiger partial charge < -0.3 is 9.64 Å². The zero-order valence-corrected chi connectivity index (χ0v) is 19.6. The Hall–Kier alpha value is -2.40. The first-order valence-corrected chi connectivity index (χ1v) is 11.4. The first-order chi connectivity index (χ1) is 15.0. The van der Waals surface area contributed by atoms with Gasteiger partial charge in [0.05, 0.1) is 24.7 Å². The number of carbonyl (C=O) groups is 1. The molecule has 1 aliphatic rings. The van der Waals surface area contributed by atoms with Crippen LogP contribution in [0.5, 0.6) is 5.75 Å². The third kappa shape index (κ3) is 7.66. The SMILES string of the molecule is CN(CCOc1ccc(Br)cc1)C(=O)CN1CCCN(Cc2ccc(C#N)cc2)CC1. The van der Waals surface area contributed by atoms with Crippen molar-refractivity contribution < 1.29 is 9.53 Å². The van der Waals surface area contributed by atoms with Gasteiger partial charge in [-0.3, -0.25) is 14.6 Å². The van der Waals surface area contributed by atoms with Crippen LogP contribution in [0.15, 0.2) is 53.0 Å². The molecule has 164 valence electrons. The average Bonchev–Trinajstić information content (AvgIpc) is 3.00. The summed E-state index contributed by atoms with van der Waals surface area (Å²) in [4.78, 5) is 19.0. The van der Waals surface area contributed by atoms with Crippen molar-refractivity contribution in [1.29, 1.82) is 5.26 Å². The third-order valence-corrected chi connectivity index (χ3v) is 5.99. The maximum atomic E-state index is 12.6. The molecule has 1 saturated heterocycles. The molecule has 0 spiro atoms. The highest BCUT2D eigenvalue weighted by Gasteiger charge is 2.19. The van der Waals surface area contributed by atoms with Crippen molar-refractivity contribution in [3.05, 3.63) is 64.1 Å². The van der Waals surface area contributed by atoms with E-state index in [0.717, 1.165) is 49.4 Å². The molecule has 0 aromatic heterocycles. The van der Waals surface area contributed by atoms with E-state index in [9.17, 15) is 4.79 Å². The number of benzene rings is 2. The molecule has 6 nitrogen and oxygen atoms in total. The summed E-state index contributed by atoms with van der Waals surface area (Å²) in [6.45, 7) is 6.12. The van der Waals surface area contributed by atoms with Gasteiger partial charge in [-0.15, -0.1) is 0 Å². The largest absolute Gasteiger partial charge is 0.492 e. The topological polar surface area (TPSA) is 59.8 Å². The molecule has 1 amide bonds. The number of likely N-dealkylation sites (N-methyl/N-ethyl adjacent to an activating group) is 1. The minimum Gasteiger partial charge on any atom is -0.492 e. The first-order valence-electron chi connectivity index (χ1n) is 10.6. The maximum Gasteiger partial charge on any atom is 0.236 e. The van der Waals surface area contributed by atoms with Gasteiger partial charge in [0.15, 0.2) is 0 Å². The van der Waals surface area contributed by atoms with Crippen LogP contribution in [0.2, 0.25) is 0 Å². The van der Waals surface area contributed by atoms with Crippen molar-refractivity contribution in [2.24, 2.45) is 0 Å². The Labute approximate surface area is 193 Å². The molecule has 3 rings (SSSR count). The molecular formula is C24H29BrN4O2. The standard InChI is InChI=1S/C24H29BrN4O2/c1-27(15-16-31-23-9-7-22(25)8-10-23)24(30)19-29-12-2-11-28(13-14-29)18-21-5-3-20(17-26)4-6-21/h3-10H,2,11-16,18-19H2,1H3. The summed E-state index contributed by atoms with van der Waals surface area (Å²) < 4.78 is 6.74. The summed E-state index contributed by atoms with van der Waals surface area (Å²) in [6, 6.07) is 17.6. The molecule has 7 heteroatoms. The summed E-state index contributed by atoms with van der Waals surface area (Å²) in [5.74, 6) is 0.930. The fourth-order valence-electron chi connectivity index (χ4n) is 3.55. The average molecular weight is 485 g/mol. The predicted octanol–water partition coefficient (Wildman–Crippen LogP) is 3.37. The number of hydrogen-bond acceptors (Lipinski definition) is 5. The van der Waals surface area contributed by atoms with Gasteiger partial charge in [0, 0.05) is 31.2 Å². The zero-order chi connectivity index (χ0) is 22.1. The van der Waals surface area contributed by atoms with Gasteiger partial charge in [0.25, 0.3) is 0 Å². The van der Waals surface area contributed by atoms with Crippen LogP contribution in [0.4, 0.5) is 0 Å². The van der Waals surface area contributed by atoms with E-state index in [-0.39, 0.29) is 5.91 Å². The maximum absolute atomic E-state index is 12.6. The Bertz CT molecular complexity index is 880. The Morgan fingerprint density at radius 2 is 1.74 bits per heavy atom. The Balaban J connectivity index is 1.38. The van der Waals surface area contributed by atoms with E-state index < -0.39 is 0 Å². The lowest BCUT2D eigenvalue weighted by Gasteiger charge is -2.24. The second-order valence-corrected chi connectivity index (χ2v) is 8.75. The van der Waals surface area contributed by atoms with Crippen molar-refractivity contribution in [3.8, 4) is 11.8 Å². The monoisotopic (exact) mass is 484 g/mol. The van der Waals surface area contributed by atoms with E-state index in [2.05, 4.69) is 31.8 Å². The Morgan fingerprint density at radius 3 is 2.45 bits per heavy atom. The van der Waals surface area contributed by atoms with E-state index in [1.807, 2.05) is 55.6 Å². The van der Waals surface area contributed by atoms with Gasteiger partial charge in [-0.05, 0) is 61.5 Å². The highest BCUT2D eigenvalue weighted by Crippen LogP contribution is 2.16. The number of rotatable bonds is 8. The zero-order valence-electron chi connectivity index (χ0n) is 18.0. The van der Waals surface area contributed by atoms with Crippen LogP contribution >= 0.6 is 15.9 Å². The minimum absolute atomic E-state index is 0.125. The van der Waals surface area contributed by atoms with Crippen molar-refractivity contribution in [1.82, 2.24) is 14.7 Å². The molecule has 31 heavy (non-hydrogen) atoms. The van der Waals surface area contributed by atoms with Gasteiger partial charge in [-0.25, -0.2) is 0 Å². The molecule has 0 bridgehead atoms. The van der Waals surface area contributed by atoms with Gasteiger partial charge in [-0.2, -0.15) is 5.26 Å². The fourth-order valence-corrected chi connectivity index (χ4v) is 3.82. The number of nitrogens with zero attached hydrogens (tertiary/aromatic N) is 4. The van der Waals surface area contributed by atoms with Gasteiger partial charge in [0.1, 0.15) is 12.4 Å². The van der Waals surface area contributed by atoms with Crippen molar-refractivity contribution in [2.45, 2.75) is 13.0 Å². The van der Waals surface area contributed by atoms with Gasteiger partial charge in [0.2, 0.25) is 5.91 Å². The highest BCUT2D eigenvalue weighted by molar-refractivity contribution is 9.10. The Kier molecular flexibility index (Phi) is 8.89. The van der Waals surface area contributed by atoms with Crippen LogP contribution in [-0.2, 0) is 11.3 Å². The molecule has 0 radical (unpaired) electrons. The number of hydrogen-bond donors (Lipinski definition) is 0. The van der Waals surface area contributed by atoms with Crippen molar-refractivity contribution >= 4 is 21.8 Å². The van der Waals surface area contributed by atoms with Gasteiger partial charge in [-0.1, -0.05) is 28.1 Å².